The number of hydrogen-bond donors (Lipinski definition) is 4. The van der Waals surface area contributed by atoms with Gasteiger partial charge in [-0.25, -0.2) is 9.59 Å². The molecule has 0 aromatic heterocycles. The number of carboxylic acids is 1. The molecule has 0 radical (unpaired) electrons. The summed E-state index contributed by atoms with van der Waals surface area (Å²) in [7, 11) is 0. The van der Waals surface area contributed by atoms with Crippen LogP contribution in [0.5, 0.6) is 0 Å². The van der Waals surface area contributed by atoms with Gasteiger partial charge in [-0.3, -0.25) is 4.79 Å². The van der Waals surface area contributed by atoms with Gasteiger partial charge in [0.1, 0.15) is 0 Å². The molecule has 0 spiro atoms. The van der Waals surface area contributed by atoms with Crippen LogP contribution in [0.25, 0.3) is 0 Å². The Morgan fingerprint density at radius 2 is 2.14 bits per heavy atom. The maximum atomic E-state index is 11.9. The van der Waals surface area contributed by atoms with E-state index in [1.54, 1.807) is 0 Å². The first-order valence-corrected chi connectivity index (χ1v) is 6.70. The zero-order valence-corrected chi connectivity index (χ0v) is 11.7. The smallest absolute Gasteiger partial charge is 0.335 e. The van der Waals surface area contributed by atoms with Crippen LogP contribution in [0.3, 0.4) is 0 Å². The van der Waals surface area contributed by atoms with E-state index in [9.17, 15) is 14.4 Å². The molecule has 1 unspecified atom stereocenters. The minimum atomic E-state index is -1.11. The van der Waals surface area contributed by atoms with E-state index in [2.05, 4.69) is 16.0 Å². The average Bonchev–Trinajstić information content (AvgIpc) is 2.43. The highest BCUT2D eigenvalue weighted by atomic mass is 35.5. The van der Waals surface area contributed by atoms with E-state index >= 15 is 0 Å². The van der Waals surface area contributed by atoms with Gasteiger partial charge in [0.15, 0.2) is 0 Å². The Morgan fingerprint density at radius 1 is 1.38 bits per heavy atom. The number of piperidine rings is 1. The maximum absolute atomic E-state index is 11.9. The lowest BCUT2D eigenvalue weighted by Gasteiger charge is -2.23. The van der Waals surface area contributed by atoms with E-state index in [4.69, 9.17) is 16.7 Å². The summed E-state index contributed by atoms with van der Waals surface area (Å²) in [6.07, 6.45) is 0.919. The molecule has 1 saturated heterocycles. The number of carbonyl (C=O) groups is 3. The number of carboxylic acid groups (broad SMARTS) is 1. The van der Waals surface area contributed by atoms with Crippen molar-refractivity contribution in [2.45, 2.75) is 18.9 Å². The molecule has 0 aliphatic carbocycles. The van der Waals surface area contributed by atoms with Crippen LogP contribution in [0.15, 0.2) is 18.2 Å². The van der Waals surface area contributed by atoms with E-state index in [0.29, 0.717) is 19.4 Å². The first-order valence-electron chi connectivity index (χ1n) is 6.33. The lowest BCUT2D eigenvalue weighted by atomic mass is 10.1. The zero-order chi connectivity index (χ0) is 15.4. The molecule has 1 fully saturated rings. The summed E-state index contributed by atoms with van der Waals surface area (Å²) in [6.45, 7) is 0.370. The summed E-state index contributed by atoms with van der Waals surface area (Å²) in [6, 6.07) is 3.38. The maximum Gasteiger partial charge on any atom is 0.335 e. The topological polar surface area (TPSA) is 108 Å². The monoisotopic (exact) mass is 311 g/mol. The van der Waals surface area contributed by atoms with Gasteiger partial charge in [0.05, 0.1) is 16.3 Å². The molecule has 2 rings (SSSR count). The molecule has 0 saturated carbocycles. The van der Waals surface area contributed by atoms with E-state index in [1.807, 2.05) is 0 Å². The predicted molar refractivity (Wildman–Crippen MR) is 76.6 cm³/mol. The minimum Gasteiger partial charge on any atom is -0.478 e. The molecule has 1 aromatic carbocycles. The summed E-state index contributed by atoms with van der Waals surface area (Å²) in [4.78, 5) is 33.8. The second-order valence-corrected chi connectivity index (χ2v) is 5.05. The number of anilines is 1. The molecule has 7 nitrogen and oxygen atoms in total. The van der Waals surface area contributed by atoms with Crippen LogP contribution in [0, 0.1) is 0 Å². The number of benzene rings is 1. The van der Waals surface area contributed by atoms with Gasteiger partial charge in [0.25, 0.3) is 0 Å². The largest absolute Gasteiger partial charge is 0.478 e. The molecule has 1 aliphatic heterocycles. The summed E-state index contributed by atoms with van der Waals surface area (Å²) >= 11 is 5.91. The van der Waals surface area contributed by atoms with Crippen molar-refractivity contribution in [1.82, 2.24) is 10.6 Å². The molecule has 3 amide bonds. The molecule has 1 aromatic rings. The van der Waals surface area contributed by atoms with E-state index in [1.165, 1.54) is 18.2 Å². The van der Waals surface area contributed by atoms with Crippen LogP contribution < -0.4 is 16.0 Å². The molecule has 1 aliphatic rings. The first-order chi connectivity index (χ1) is 9.95. The third-order valence-corrected chi connectivity index (χ3v) is 3.39. The van der Waals surface area contributed by atoms with Gasteiger partial charge in [-0.05, 0) is 24.6 Å². The number of amides is 3. The number of carbonyl (C=O) groups excluding carboxylic acids is 2. The van der Waals surface area contributed by atoms with Crippen LogP contribution in [0.2, 0.25) is 5.02 Å². The van der Waals surface area contributed by atoms with Crippen molar-refractivity contribution in [2.24, 2.45) is 0 Å². The molecule has 1 heterocycles. The third kappa shape index (κ3) is 4.09. The van der Waals surface area contributed by atoms with Crippen molar-refractivity contribution >= 4 is 35.2 Å². The standard InChI is InChI=1S/C13H14ClN3O4/c14-9-3-1-7(12(19)20)5-10(9)17-13(21)16-8-2-4-11(18)15-6-8/h1,3,5,8H,2,4,6H2,(H,15,18)(H,19,20)(H2,16,17,21). The molecule has 21 heavy (non-hydrogen) atoms. The fourth-order valence-corrected chi connectivity index (χ4v) is 2.12. The van der Waals surface area contributed by atoms with Crippen LogP contribution in [-0.2, 0) is 4.79 Å². The molecule has 8 heteroatoms. The summed E-state index contributed by atoms with van der Waals surface area (Å²) < 4.78 is 0. The van der Waals surface area contributed by atoms with Crippen molar-refractivity contribution in [1.29, 1.82) is 0 Å². The SMILES string of the molecule is O=C1CCC(NC(=O)Nc2cc(C(=O)O)ccc2Cl)CN1. The second kappa shape index (κ2) is 6.45. The highest BCUT2D eigenvalue weighted by molar-refractivity contribution is 6.33. The lowest BCUT2D eigenvalue weighted by Crippen LogP contribution is -2.48. The Morgan fingerprint density at radius 3 is 2.76 bits per heavy atom. The number of urea groups is 1. The Hall–Kier alpha value is -2.28. The van der Waals surface area contributed by atoms with Gasteiger partial charge in [0, 0.05) is 19.0 Å². The number of halogens is 1. The molecular formula is C13H14ClN3O4. The van der Waals surface area contributed by atoms with Gasteiger partial charge in [-0.2, -0.15) is 0 Å². The number of rotatable bonds is 3. The van der Waals surface area contributed by atoms with Crippen molar-refractivity contribution in [3.05, 3.63) is 28.8 Å². The Labute approximate surface area is 125 Å². The van der Waals surface area contributed by atoms with Gasteiger partial charge in [0.2, 0.25) is 5.91 Å². The van der Waals surface area contributed by atoms with Gasteiger partial charge < -0.3 is 21.1 Å². The van der Waals surface area contributed by atoms with Crippen LogP contribution in [0.1, 0.15) is 23.2 Å². The summed E-state index contributed by atoms with van der Waals surface area (Å²) in [5.74, 6) is -1.14. The van der Waals surface area contributed by atoms with Crippen LogP contribution >= 0.6 is 11.6 Å². The van der Waals surface area contributed by atoms with Crippen LogP contribution in [0.4, 0.5) is 10.5 Å². The Balaban J connectivity index is 1.97. The van der Waals surface area contributed by atoms with E-state index in [-0.39, 0.29) is 28.2 Å². The fraction of sp³-hybridized carbons (Fsp3) is 0.308. The van der Waals surface area contributed by atoms with Gasteiger partial charge >= 0.3 is 12.0 Å². The highest BCUT2D eigenvalue weighted by Gasteiger charge is 2.20. The lowest BCUT2D eigenvalue weighted by molar-refractivity contribution is -0.122. The van der Waals surface area contributed by atoms with Crippen LogP contribution in [-0.4, -0.2) is 35.6 Å². The van der Waals surface area contributed by atoms with E-state index in [0.717, 1.165) is 0 Å². The first kappa shape index (κ1) is 15.1. The second-order valence-electron chi connectivity index (χ2n) is 4.64. The highest BCUT2D eigenvalue weighted by Crippen LogP contribution is 2.23. The van der Waals surface area contributed by atoms with E-state index < -0.39 is 12.0 Å². The normalized spacial score (nSPS) is 17.8. The molecule has 1 atom stereocenters. The average molecular weight is 312 g/mol. The summed E-state index contributed by atoms with van der Waals surface area (Å²) in [5, 5.41) is 17.0. The van der Waals surface area contributed by atoms with Crippen molar-refractivity contribution in [3.63, 3.8) is 0 Å². The quantitative estimate of drug-likeness (QED) is 0.677. The minimum absolute atomic E-state index is 0.0274. The summed E-state index contributed by atoms with van der Waals surface area (Å²) in [5.41, 5.74) is 0.244. The number of nitrogens with one attached hydrogen (secondary N) is 3. The number of hydrogen-bond acceptors (Lipinski definition) is 3. The Kier molecular flexibility index (Phi) is 4.64. The third-order valence-electron chi connectivity index (χ3n) is 3.06. The zero-order valence-electron chi connectivity index (χ0n) is 11.0. The molecule has 112 valence electrons. The fourth-order valence-electron chi connectivity index (χ4n) is 1.95. The predicted octanol–water partition coefficient (Wildman–Crippen LogP) is 1.44. The molecule has 0 bridgehead atoms. The van der Waals surface area contributed by atoms with Crippen molar-refractivity contribution in [3.8, 4) is 0 Å². The molecule has 4 N–H and O–H groups in total. The van der Waals surface area contributed by atoms with Gasteiger partial charge in [-0.15, -0.1) is 0 Å². The number of aromatic carboxylic acids is 1. The van der Waals surface area contributed by atoms with Gasteiger partial charge in [-0.1, -0.05) is 11.6 Å². The van der Waals surface area contributed by atoms with Crippen molar-refractivity contribution in [2.75, 3.05) is 11.9 Å². The molecular weight excluding hydrogens is 298 g/mol. The Bertz CT molecular complexity index is 581. The van der Waals surface area contributed by atoms with Crippen molar-refractivity contribution < 1.29 is 19.5 Å².